The molecule has 1 rings (SSSR count). The van der Waals surface area contributed by atoms with Gasteiger partial charge in [0, 0.05) is 6.54 Å². The fraction of sp³-hybridized carbons (Fsp3) is 0.600. The number of hydrogen-bond acceptors (Lipinski definition) is 1. The molecule has 1 aliphatic rings. The van der Waals surface area contributed by atoms with Gasteiger partial charge in [-0.25, -0.2) is 0 Å². The van der Waals surface area contributed by atoms with Gasteiger partial charge in [-0.05, 0) is 13.3 Å². The number of carbonyl (C=O) groups is 1. The Balaban J connectivity index is 2.48. The van der Waals surface area contributed by atoms with Gasteiger partial charge in [0.05, 0.1) is 5.92 Å². The molecular formula is C5H8NO. The number of nitrogens with one attached hydrogen (secondary N) is 1. The van der Waals surface area contributed by atoms with Crippen LogP contribution in [-0.2, 0) is 4.79 Å². The molecule has 1 N–H and O–H groups in total. The number of hydrogen-bond donors (Lipinski definition) is 1. The molecule has 0 bridgehead atoms. The summed E-state index contributed by atoms with van der Waals surface area (Å²) in [6.45, 7) is 2.70. The first-order chi connectivity index (χ1) is 3.30. The average molecular weight is 98.1 g/mol. The van der Waals surface area contributed by atoms with E-state index in [4.69, 9.17) is 0 Å². The van der Waals surface area contributed by atoms with Crippen molar-refractivity contribution in [1.82, 2.24) is 5.32 Å². The molecule has 0 atom stereocenters. The Morgan fingerprint density at radius 1 is 1.71 bits per heavy atom. The lowest BCUT2D eigenvalue weighted by Gasteiger charge is -1.89. The van der Waals surface area contributed by atoms with E-state index in [1.165, 1.54) is 0 Å². The molecule has 2 nitrogen and oxygen atoms in total. The van der Waals surface area contributed by atoms with Crippen LogP contribution in [0.15, 0.2) is 0 Å². The molecule has 1 amide bonds. The Hall–Kier alpha value is -0.530. The predicted octanol–water partition coefficient (Wildman–Crippen LogP) is 0.101. The van der Waals surface area contributed by atoms with Crippen LogP contribution < -0.4 is 5.32 Å². The second kappa shape index (κ2) is 1.52. The lowest BCUT2D eigenvalue weighted by Crippen LogP contribution is -2.15. The van der Waals surface area contributed by atoms with Crippen molar-refractivity contribution >= 4 is 5.91 Å². The zero-order valence-corrected chi connectivity index (χ0v) is 4.32. The van der Waals surface area contributed by atoms with Crippen LogP contribution in [0.25, 0.3) is 0 Å². The molecule has 1 saturated heterocycles. The van der Waals surface area contributed by atoms with E-state index in [9.17, 15) is 4.79 Å². The van der Waals surface area contributed by atoms with Crippen LogP contribution in [-0.4, -0.2) is 12.5 Å². The van der Waals surface area contributed by atoms with Gasteiger partial charge in [-0.2, -0.15) is 0 Å². The van der Waals surface area contributed by atoms with Gasteiger partial charge in [0.25, 0.3) is 0 Å². The minimum Gasteiger partial charge on any atom is -0.356 e. The second-order valence-corrected chi connectivity index (χ2v) is 1.79. The highest BCUT2D eigenvalue weighted by molar-refractivity contribution is 5.91. The molecule has 0 aromatic carbocycles. The van der Waals surface area contributed by atoms with Crippen molar-refractivity contribution in [3.05, 3.63) is 5.92 Å². The topological polar surface area (TPSA) is 29.1 Å². The Labute approximate surface area is 42.9 Å². The van der Waals surface area contributed by atoms with E-state index in [0.29, 0.717) is 0 Å². The van der Waals surface area contributed by atoms with Crippen molar-refractivity contribution in [2.75, 3.05) is 6.54 Å². The minimum atomic E-state index is 0.125. The van der Waals surface area contributed by atoms with Gasteiger partial charge in [0.2, 0.25) is 5.91 Å². The van der Waals surface area contributed by atoms with E-state index in [0.717, 1.165) is 18.9 Å². The average Bonchev–Trinajstić information content (AvgIpc) is 1.91. The zero-order valence-electron chi connectivity index (χ0n) is 4.32. The summed E-state index contributed by atoms with van der Waals surface area (Å²) in [5.41, 5.74) is 0. The molecule has 1 fully saturated rings. The van der Waals surface area contributed by atoms with Crippen LogP contribution >= 0.6 is 0 Å². The van der Waals surface area contributed by atoms with Gasteiger partial charge in [-0.15, -0.1) is 0 Å². The molecule has 7 heavy (non-hydrogen) atoms. The number of rotatable bonds is 0. The molecule has 1 heterocycles. The van der Waals surface area contributed by atoms with Gasteiger partial charge >= 0.3 is 0 Å². The predicted molar refractivity (Wildman–Crippen MR) is 26.5 cm³/mol. The normalized spacial score (nSPS) is 22.7. The van der Waals surface area contributed by atoms with Crippen molar-refractivity contribution in [3.63, 3.8) is 0 Å². The fourth-order valence-electron chi connectivity index (χ4n) is 0.628. The molecule has 1 radical (unpaired) electrons. The van der Waals surface area contributed by atoms with E-state index in [1.54, 1.807) is 0 Å². The Bertz CT molecular complexity index is 90.1. The molecule has 0 aliphatic carbocycles. The van der Waals surface area contributed by atoms with Crippen molar-refractivity contribution < 1.29 is 4.79 Å². The van der Waals surface area contributed by atoms with E-state index in [-0.39, 0.29) is 5.91 Å². The first-order valence-electron chi connectivity index (χ1n) is 2.41. The highest BCUT2D eigenvalue weighted by atomic mass is 16.2. The summed E-state index contributed by atoms with van der Waals surface area (Å²) in [5.74, 6) is 1.08. The molecule has 0 spiro atoms. The molecule has 1 aliphatic heterocycles. The van der Waals surface area contributed by atoms with Crippen molar-refractivity contribution in [1.29, 1.82) is 0 Å². The summed E-state index contributed by atoms with van der Waals surface area (Å²) < 4.78 is 0. The van der Waals surface area contributed by atoms with Crippen molar-refractivity contribution in [2.45, 2.75) is 13.3 Å². The monoisotopic (exact) mass is 98.1 g/mol. The van der Waals surface area contributed by atoms with Crippen LogP contribution in [0.5, 0.6) is 0 Å². The van der Waals surface area contributed by atoms with Gasteiger partial charge < -0.3 is 5.32 Å². The van der Waals surface area contributed by atoms with Crippen molar-refractivity contribution in [3.8, 4) is 0 Å². The van der Waals surface area contributed by atoms with Crippen LogP contribution in [0.3, 0.4) is 0 Å². The Kier molecular flexibility index (Phi) is 1.01. The first kappa shape index (κ1) is 4.62. The molecule has 0 aromatic heterocycles. The molecule has 0 unspecified atom stereocenters. The van der Waals surface area contributed by atoms with Crippen LogP contribution in [0.1, 0.15) is 13.3 Å². The standard InChI is InChI=1S/C5H8NO/c1-4-2-3-6-5(4)7/h2-3H2,1H3,(H,6,7). The maximum absolute atomic E-state index is 10.4. The first-order valence-corrected chi connectivity index (χ1v) is 2.41. The summed E-state index contributed by atoms with van der Waals surface area (Å²) in [4.78, 5) is 10.4. The summed E-state index contributed by atoms with van der Waals surface area (Å²) in [5, 5.41) is 2.69. The van der Waals surface area contributed by atoms with E-state index >= 15 is 0 Å². The summed E-state index contributed by atoms with van der Waals surface area (Å²) >= 11 is 0. The molecule has 2 heteroatoms. The summed E-state index contributed by atoms with van der Waals surface area (Å²) in [7, 11) is 0. The van der Waals surface area contributed by atoms with Crippen LogP contribution in [0.4, 0.5) is 0 Å². The van der Waals surface area contributed by atoms with E-state index in [1.807, 2.05) is 6.92 Å². The summed E-state index contributed by atoms with van der Waals surface area (Å²) in [6, 6.07) is 0. The molecule has 0 saturated carbocycles. The van der Waals surface area contributed by atoms with Gasteiger partial charge in [-0.1, -0.05) is 0 Å². The van der Waals surface area contributed by atoms with Crippen LogP contribution in [0, 0.1) is 5.92 Å². The minimum absolute atomic E-state index is 0.125. The van der Waals surface area contributed by atoms with E-state index < -0.39 is 0 Å². The zero-order chi connectivity index (χ0) is 5.28. The highest BCUT2D eigenvalue weighted by Crippen LogP contribution is 2.08. The highest BCUT2D eigenvalue weighted by Gasteiger charge is 2.18. The molecule has 0 aromatic rings. The van der Waals surface area contributed by atoms with Gasteiger partial charge in [-0.3, -0.25) is 4.79 Å². The van der Waals surface area contributed by atoms with Gasteiger partial charge in [0.1, 0.15) is 0 Å². The largest absolute Gasteiger partial charge is 0.356 e. The second-order valence-electron chi connectivity index (χ2n) is 1.79. The third-order valence-electron chi connectivity index (χ3n) is 1.17. The lowest BCUT2D eigenvalue weighted by molar-refractivity contribution is -0.117. The smallest absolute Gasteiger partial charge is 0.227 e. The maximum Gasteiger partial charge on any atom is 0.227 e. The van der Waals surface area contributed by atoms with Crippen molar-refractivity contribution in [2.24, 2.45) is 0 Å². The third-order valence-corrected chi connectivity index (χ3v) is 1.17. The quantitative estimate of drug-likeness (QED) is 0.457. The van der Waals surface area contributed by atoms with Gasteiger partial charge in [0.15, 0.2) is 0 Å². The maximum atomic E-state index is 10.4. The van der Waals surface area contributed by atoms with E-state index in [2.05, 4.69) is 5.32 Å². The third kappa shape index (κ3) is 0.734. The van der Waals surface area contributed by atoms with Crippen LogP contribution in [0.2, 0.25) is 0 Å². The summed E-state index contributed by atoms with van der Waals surface area (Å²) in [6.07, 6.45) is 0.929. The lowest BCUT2D eigenvalue weighted by atomic mass is 10.1. The fourth-order valence-corrected chi connectivity index (χ4v) is 0.628. The SMILES string of the molecule is C[C]1CCNC1=O. The molecular weight excluding hydrogens is 90.1 g/mol. The molecule has 39 valence electrons. The Morgan fingerprint density at radius 2 is 2.43 bits per heavy atom. The number of carbonyl (C=O) groups excluding carboxylic acids is 1. The Morgan fingerprint density at radius 3 is 2.57 bits per heavy atom. The number of amides is 1.